The molecule has 2 aliphatic rings. The highest BCUT2D eigenvalue weighted by atomic mass is 15.2. The molecule has 1 saturated carbocycles. The van der Waals surface area contributed by atoms with Crippen molar-refractivity contribution in [2.45, 2.75) is 44.6 Å². The summed E-state index contributed by atoms with van der Waals surface area (Å²) < 4.78 is 0. The van der Waals surface area contributed by atoms with Gasteiger partial charge in [0.05, 0.1) is 0 Å². The van der Waals surface area contributed by atoms with Crippen LogP contribution in [0, 0.1) is 5.92 Å². The molecule has 0 aromatic heterocycles. The van der Waals surface area contributed by atoms with E-state index >= 15 is 0 Å². The molecule has 0 aromatic rings. The number of nitrogens with zero attached hydrogens (tertiary/aromatic N) is 1. The Bertz CT molecular complexity index is 155. The van der Waals surface area contributed by atoms with E-state index in [0.29, 0.717) is 5.54 Å². The Morgan fingerprint density at radius 1 is 1.27 bits per heavy atom. The molecule has 0 amide bonds. The van der Waals surface area contributed by atoms with Gasteiger partial charge in [0.25, 0.3) is 0 Å². The Morgan fingerprint density at radius 2 is 2.00 bits per heavy atom. The minimum atomic E-state index is 0.663. The van der Waals surface area contributed by atoms with Crippen LogP contribution in [-0.4, -0.2) is 24.0 Å². The fourth-order valence-corrected chi connectivity index (χ4v) is 2.72. The summed E-state index contributed by atoms with van der Waals surface area (Å²) in [4.78, 5) is 2.62. The van der Waals surface area contributed by atoms with E-state index in [-0.39, 0.29) is 0 Å². The molecule has 11 heavy (non-hydrogen) atoms. The van der Waals surface area contributed by atoms with Crippen molar-refractivity contribution in [1.82, 2.24) is 4.90 Å². The van der Waals surface area contributed by atoms with E-state index in [9.17, 15) is 0 Å². The quantitative estimate of drug-likeness (QED) is 0.516. The molecular formula is C10H19N. The molecule has 2 rings (SSSR count). The van der Waals surface area contributed by atoms with Gasteiger partial charge in [0.15, 0.2) is 0 Å². The van der Waals surface area contributed by atoms with Gasteiger partial charge in [-0.25, -0.2) is 0 Å². The van der Waals surface area contributed by atoms with Crippen molar-refractivity contribution in [3.8, 4) is 0 Å². The highest BCUT2D eigenvalue weighted by Crippen LogP contribution is 2.52. The Labute approximate surface area is 69.8 Å². The average Bonchev–Trinajstić information content (AvgIpc) is 2.65. The molecule has 1 heteroatoms. The van der Waals surface area contributed by atoms with Gasteiger partial charge in [-0.15, -0.1) is 0 Å². The normalized spacial score (nSPS) is 45.8. The van der Waals surface area contributed by atoms with Gasteiger partial charge in [-0.05, 0) is 38.8 Å². The molecule has 0 bridgehead atoms. The molecule has 1 saturated heterocycles. The average molecular weight is 153 g/mol. The lowest BCUT2D eigenvalue weighted by molar-refractivity contribution is 0.210. The van der Waals surface area contributed by atoms with Crippen molar-refractivity contribution in [2.24, 2.45) is 5.92 Å². The maximum atomic E-state index is 2.62. The predicted molar refractivity (Wildman–Crippen MR) is 47.6 cm³/mol. The van der Waals surface area contributed by atoms with Crippen LogP contribution in [0.5, 0.6) is 0 Å². The number of likely N-dealkylation sites (tertiary alicyclic amines) is 1. The lowest BCUT2D eigenvalue weighted by Crippen LogP contribution is -2.34. The van der Waals surface area contributed by atoms with Crippen LogP contribution in [0.2, 0.25) is 0 Å². The molecular weight excluding hydrogens is 134 g/mol. The first kappa shape index (κ1) is 7.60. The van der Waals surface area contributed by atoms with Crippen molar-refractivity contribution < 1.29 is 0 Å². The second-order valence-electron chi connectivity index (χ2n) is 4.44. The van der Waals surface area contributed by atoms with E-state index in [0.717, 1.165) is 5.92 Å². The maximum Gasteiger partial charge on any atom is 0.0236 e. The van der Waals surface area contributed by atoms with E-state index in [1.165, 1.54) is 38.6 Å². The molecule has 1 aliphatic heterocycles. The monoisotopic (exact) mass is 153 g/mol. The van der Waals surface area contributed by atoms with Crippen LogP contribution in [0.25, 0.3) is 0 Å². The van der Waals surface area contributed by atoms with E-state index in [4.69, 9.17) is 0 Å². The zero-order valence-electron chi connectivity index (χ0n) is 7.77. The molecule has 2 fully saturated rings. The summed E-state index contributed by atoms with van der Waals surface area (Å²) in [6, 6.07) is 0. The highest BCUT2D eigenvalue weighted by molar-refractivity contribution is 5.09. The van der Waals surface area contributed by atoms with Gasteiger partial charge >= 0.3 is 0 Å². The van der Waals surface area contributed by atoms with Crippen LogP contribution in [0.1, 0.15) is 39.0 Å². The van der Waals surface area contributed by atoms with Gasteiger partial charge in [0, 0.05) is 5.54 Å². The molecule has 1 spiro atoms. The third kappa shape index (κ3) is 1.10. The van der Waals surface area contributed by atoms with Gasteiger partial charge in [-0.1, -0.05) is 19.8 Å². The molecule has 1 aliphatic carbocycles. The maximum absolute atomic E-state index is 2.62. The summed E-state index contributed by atoms with van der Waals surface area (Å²) in [5.41, 5.74) is 0.663. The van der Waals surface area contributed by atoms with Crippen LogP contribution in [0.15, 0.2) is 0 Å². The first-order valence-corrected chi connectivity index (χ1v) is 4.97. The molecule has 2 atom stereocenters. The third-order valence-electron chi connectivity index (χ3n) is 3.78. The third-order valence-corrected chi connectivity index (χ3v) is 3.78. The predicted octanol–water partition coefficient (Wildman–Crippen LogP) is 2.27. The highest BCUT2D eigenvalue weighted by Gasteiger charge is 2.53. The smallest absolute Gasteiger partial charge is 0.0236 e. The first-order valence-electron chi connectivity index (χ1n) is 4.97. The van der Waals surface area contributed by atoms with Crippen LogP contribution in [-0.2, 0) is 0 Å². The summed E-state index contributed by atoms with van der Waals surface area (Å²) in [5.74, 6) is 0.977. The largest absolute Gasteiger partial charge is 0.300 e. The lowest BCUT2D eigenvalue weighted by atomic mass is 10.1. The Balaban J connectivity index is 2.05. The van der Waals surface area contributed by atoms with E-state index in [2.05, 4.69) is 18.9 Å². The van der Waals surface area contributed by atoms with Gasteiger partial charge in [0.2, 0.25) is 0 Å². The van der Waals surface area contributed by atoms with Gasteiger partial charge in [0.1, 0.15) is 0 Å². The van der Waals surface area contributed by atoms with Crippen molar-refractivity contribution in [3.63, 3.8) is 0 Å². The van der Waals surface area contributed by atoms with Gasteiger partial charge < -0.3 is 4.90 Å². The Hall–Kier alpha value is -0.0400. The standard InChI is InChI=1S/C10H19N/c1-9-8-10(9)6-4-3-5-7-11(10)2/h9H,3-8H2,1-2H3/t9-,10?/m1/s1. The minimum absolute atomic E-state index is 0.663. The fraction of sp³-hybridized carbons (Fsp3) is 1.00. The van der Waals surface area contributed by atoms with E-state index < -0.39 is 0 Å². The summed E-state index contributed by atoms with van der Waals surface area (Å²) in [6.07, 6.45) is 7.27. The summed E-state index contributed by atoms with van der Waals surface area (Å²) >= 11 is 0. The zero-order valence-corrected chi connectivity index (χ0v) is 7.77. The lowest BCUT2D eigenvalue weighted by Gasteiger charge is -2.26. The molecule has 1 nitrogen and oxygen atoms in total. The first-order chi connectivity index (χ1) is 5.26. The second kappa shape index (κ2) is 2.48. The van der Waals surface area contributed by atoms with Crippen molar-refractivity contribution >= 4 is 0 Å². The van der Waals surface area contributed by atoms with Gasteiger partial charge in [-0.3, -0.25) is 0 Å². The molecule has 0 radical (unpaired) electrons. The minimum Gasteiger partial charge on any atom is -0.300 e. The molecule has 1 heterocycles. The topological polar surface area (TPSA) is 3.24 Å². The van der Waals surface area contributed by atoms with Crippen molar-refractivity contribution in [3.05, 3.63) is 0 Å². The van der Waals surface area contributed by atoms with Crippen LogP contribution >= 0.6 is 0 Å². The van der Waals surface area contributed by atoms with Crippen LogP contribution in [0.4, 0.5) is 0 Å². The van der Waals surface area contributed by atoms with Crippen molar-refractivity contribution in [1.29, 1.82) is 0 Å². The SMILES string of the molecule is C[C@@H]1CC12CCCCCN2C. The Morgan fingerprint density at radius 3 is 2.64 bits per heavy atom. The molecule has 64 valence electrons. The number of rotatable bonds is 0. The second-order valence-corrected chi connectivity index (χ2v) is 4.44. The molecule has 0 aromatic carbocycles. The van der Waals surface area contributed by atoms with E-state index in [1.54, 1.807) is 0 Å². The number of hydrogen-bond acceptors (Lipinski definition) is 1. The van der Waals surface area contributed by atoms with Gasteiger partial charge in [-0.2, -0.15) is 0 Å². The fourth-order valence-electron chi connectivity index (χ4n) is 2.72. The van der Waals surface area contributed by atoms with Crippen LogP contribution < -0.4 is 0 Å². The molecule has 1 unspecified atom stereocenters. The van der Waals surface area contributed by atoms with Crippen molar-refractivity contribution in [2.75, 3.05) is 13.6 Å². The zero-order chi connectivity index (χ0) is 7.90. The van der Waals surface area contributed by atoms with Crippen LogP contribution in [0.3, 0.4) is 0 Å². The molecule has 0 N–H and O–H groups in total. The summed E-state index contributed by atoms with van der Waals surface area (Å²) in [6.45, 7) is 3.74. The summed E-state index contributed by atoms with van der Waals surface area (Å²) in [5, 5.41) is 0. The van der Waals surface area contributed by atoms with E-state index in [1.807, 2.05) is 0 Å². The Kier molecular flexibility index (Phi) is 1.71. The number of hydrogen-bond donors (Lipinski definition) is 0. The summed E-state index contributed by atoms with van der Waals surface area (Å²) in [7, 11) is 2.31.